The molecule has 0 heterocycles. The predicted octanol–water partition coefficient (Wildman–Crippen LogP) is 0.677. The lowest BCUT2D eigenvalue weighted by atomic mass is 10.2. The molecule has 130 valence electrons. The molecule has 0 saturated heterocycles. The van der Waals surface area contributed by atoms with Gasteiger partial charge >= 0.3 is 5.97 Å². The van der Waals surface area contributed by atoms with Crippen molar-refractivity contribution in [3.63, 3.8) is 0 Å². The monoisotopic (exact) mass is 347 g/mol. The second-order valence-electron chi connectivity index (χ2n) is 4.56. The first-order chi connectivity index (χ1) is 10.9. The number of aromatic carboxylic acids is 1. The number of sulfonamides is 1. The van der Waals surface area contributed by atoms with Crippen molar-refractivity contribution in [2.75, 3.05) is 47.6 Å². The SMILES string of the molecule is COCCN(CCOC)S(=O)(=O)c1ccc(OC)c(C(=O)O)c1. The molecule has 1 aromatic rings. The first kappa shape index (κ1) is 19.4. The molecule has 0 atom stereocenters. The molecule has 0 spiro atoms. The van der Waals surface area contributed by atoms with Crippen molar-refractivity contribution in [3.05, 3.63) is 23.8 Å². The summed E-state index contributed by atoms with van der Waals surface area (Å²) in [6.45, 7) is 0.697. The van der Waals surface area contributed by atoms with E-state index in [1.807, 2.05) is 0 Å². The van der Waals surface area contributed by atoms with Gasteiger partial charge in [-0.3, -0.25) is 0 Å². The van der Waals surface area contributed by atoms with E-state index >= 15 is 0 Å². The van der Waals surface area contributed by atoms with Crippen molar-refractivity contribution in [3.8, 4) is 5.75 Å². The third kappa shape index (κ3) is 4.90. The van der Waals surface area contributed by atoms with Crippen molar-refractivity contribution >= 4 is 16.0 Å². The molecule has 8 nitrogen and oxygen atoms in total. The Bertz CT molecular complexity index is 622. The molecule has 0 fully saturated rings. The predicted molar refractivity (Wildman–Crippen MR) is 82.5 cm³/mol. The van der Waals surface area contributed by atoms with E-state index < -0.39 is 16.0 Å². The summed E-state index contributed by atoms with van der Waals surface area (Å²) in [7, 11) is 0.385. The second-order valence-corrected chi connectivity index (χ2v) is 6.49. The van der Waals surface area contributed by atoms with Crippen molar-refractivity contribution in [1.29, 1.82) is 0 Å². The number of hydrogen-bond donors (Lipinski definition) is 1. The quantitative estimate of drug-likeness (QED) is 0.664. The zero-order valence-electron chi connectivity index (χ0n) is 13.3. The largest absolute Gasteiger partial charge is 0.496 e. The number of methoxy groups -OCH3 is 3. The Balaban J connectivity index is 3.22. The molecule has 1 rings (SSSR count). The lowest BCUT2D eigenvalue weighted by molar-refractivity contribution is 0.0693. The van der Waals surface area contributed by atoms with E-state index in [0.717, 1.165) is 6.07 Å². The van der Waals surface area contributed by atoms with Gasteiger partial charge in [0.05, 0.1) is 25.2 Å². The van der Waals surface area contributed by atoms with Gasteiger partial charge in [-0.25, -0.2) is 13.2 Å². The molecular weight excluding hydrogens is 326 g/mol. The minimum absolute atomic E-state index is 0.0942. The molecule has 0 aliphatic carbocycles. The minimum Gasteiger partial charge on any atom is -0.496 e. The van der Waals surface area contributed by atoms with E-state index in [2.05, 4.69) is 0 Å². The third-order valence-electron chi connectivity index (χ3n) is 3.13. The van der Waals surface area contributed by atoms with Crippen LogP contribution in [0.25, 0.3) is 0 Å². The molecule has 0 bridgehead atoms. The van der Waals surface area contributed by atoms with E-state index in [-0.39, 0.29) is 42.5 Å². The molecule has 0 radical (unpaired) electrons. The van der Waals surface area contributed by atoms with Gasteiger partial charge in [0.15, 0.2) is 0 Å². The van der Waals surface area contributed by atoms with Gasteiger partial charge in [-0.2, -0.15) is 4.31 Å². The summed E-state index contributed by atoms with van der Waals surface area (Å²) in [5.41, 5.74) is -0.216. The van der Waals surface area contributed by atoms with E-state index in [1.54, 1.807) is 0 Å². The number of rotatable bonds is 10. The van der Waals surface area contributed by atoms with Gasteiger partial charge in [0.2, 0.25) is 10.0 Å². The fraction of sp³-hybridized carbons (Fsp3) is 0.500. The van der Waals surface area contributed by atoms with Crippen molar-refractivity contribution in [1.82, 2.24) is 4.31 Å². The van der Waals surface area contributed by atoms with Crippen LogP contribution in [0.4, 0.5) is 0 Å². The normalized spacial score (nSPS) is 11.7. The van der Waals surface area contributed by atoms with Crippen LogP contribution < -0.4 is 4.74 Å². The van der Waals surface area contributed by atoms with Gasteiger partial charge in [0.25, 0.3) is 0 Å². The van der Waals surface area contributed by atoms with Crippen molar-refractivity contribution < 1.29 is 32.5 Å². The lowest BCUT2D eigenvalue weighted by Crippen LogP contribution is -2.36. The topological polar surface area (TPSA) is 102 Å². The Hall–Kier alpha value is -1.68. The maximum Gasteiger partial charge on any atom is 0.339 e. The summed E-state index contributed by atoms with van der Waals surface area (Å²) in [6, 6.07) is 3.72. The smallest absolute Gasteiger partial charge is 0.339 e. The molecule has 9 heteroatoms. The maximum atomic E-state index is 12.7. The number of benzene rings is 1. The average molecular weight is 347 g/mol. The molecule has 0 aromatic heterocycles. The van der Waals surface area contributed by atoms with Gasteiger partial charge in [-0.05, 0) is 18.2 Å². The van der Waals surface area contributed by atoms with Crippen LogP contribution >= 0.6 is 0 Å². The standard InChI is InChI=1S/C14H21NO7S/c1-20-8-6-15(7-9-21-2)23(18,19)11-4-5-13(22-3)12(10-11)14(16)17/h4-5,10H,6-9H2,1-3H3,(H,16,17). The number of ether oxygens (including phenoxy) is 3. The molecule has 23 heavy (non-hydrogen) atoms. The highest BCUT2D eigenvalue weighted by Crippen LogP contribution is 2.24. The highest BCUT2D eigenvalue weighted by molar-refractivity contribution is 7.89. The maximum absolute atomic E-state index is 12.7. The summed E-state index contributed by atoms with van der Waals surface area (Å²) in [5.74, 6) is -1.17. The first-order valence-corrected chi connectivity index (χ1v) is 8.21. The Morgan fingerprint density at radius 1 is 1.13 bits per heavy atom. The molecule has 1 N–H and O–H groups in total. The van der Waals surface area contributed by atoms with Crippen LogP contribution in [0.1, 0.15) is 10.4 Å². The number of carbonyl (C=O) groups is 1. The molecular formula is C14H21NO7S. The van der Waals surface area contributed by atoms with E-state index in [0.29, 0.717) is 0 Å². The van der Waals surface area contributed by atoms with E-state index in [9.17, 15) is 18.3 Å². The van der Waals surface area contributed by atoms with Crippen LogP contribution in [0, 0.1) is 0 Å². The van der Waals surface area contributed by atoms with Crippen LogP contribution in [0.3, 0.4) is 0 Å². The first-order valence-electron chi connectivity index (χ1n) is 6.77. The molecule has 0 aliphatic heterocycles. The Morgan fingerprint density at radius 2 is 1.70 bits per heavy atom. The van der Waals surface area contributed by atoms with E-state index in [4.69, 9.17) is 14.2 Å². The zero-order chi connectivity index (χ0) is 17.5. The molecule has 1 aromatic carbocycles. The van der Waals surface area contributed by atoms with Crippen molar-refractivity contribution in [2.45, 2.75) is 4.90 Å². The minimum atomic E-state index is -3.87. The summed E-state index contributed by atoms with van der Waals surface area (Å²) in [4.78, 5) is 11.1. The Morgan fingerprint density at radius 3 is 2.13 bits per heavy atom. The fourth-order valence-corrected chi connectivity index (χ4v) is 3.34. The number of hydrogen-bond acceptors (Lipinski definition) is 6. The average Bonchev–Trinajstić information content (AvgIpc) is 2.53. The molecule has 0 saturated carbocycles. The Kier molecular flexibility index (Phi) is 7.43. The number of carboxylic acid groups (broad SMARTS) is 1. The lowest BCUT2D eigenvalue weighted by Gasteiger charge is -2.22. The van der Waals surface area contributed by atoms with Crippen LogP contribution in [-0.4, -0.2) is 71.4 Å². The van der Waals surface area contributed by atoms with Crippen LogP contribution in [0.2, 0.25) is 0 Å². The van der Waals surface area contributed by atoms with Gasteiger partial charge in [-0.15, -0.1) is 0 Å². The Labute approximate surface area is 135 Å². The summed E-state index contributed by atoms with van der Waals surface area (Å²) in [6.07, 6.45) is 0. The zero-order valence-corrected chi connectivity index (χ0v) is 14.1. The van der Waals surface area contributed by atoms with Gasteiger partial charge in [-0.1, -0.05) is 0 Å². The van der Waals surface area contributed by atoms with Crippen LogP contribution in [0.5, 0.6) is 5.75 Å². The second kappa shape index (κ2) is 8.82. The summed E-state index contributed by atoms with van der Waals surface area (Å²) >= 11 is 0. The molecule has 0 unspecified atom stereocenters. The highest BCUT2D eigenvalue weighted by atomic mass is 32.2. The number of nitrogens with zero attached hydrogens (tertiary/aromatic N) is 1. The third-order valence-corrected chi connectivity index (χ3v) is 5.02. The van der Waals surface area contributed by atoms with Crippen LogP contribution in [0.15, 0.2) is 23.1 Å². The van der Waals surface area contributed by atoms with Crippen LogP contribution in [-0.2, 0) is 19.5 Å². The van der Waals surface area contributed by atoms with Gasteiger partial charge in [0.1, 0.15) is 11.3 Å². The fourth-order valence-electron chi connectivity index (χ4n) is 1.90. The van der Waals surface area contributed by atoms with E-state index in [1.165, 1.54) is 37.8 Å². The summed E-state index contributed by atoms with van der Waals surface area (Å²) < 4.78 is 41.4. The molecule has 0 aliphatic rings. The summed E-state index contributed by atoms with van der Waals surface area (Å²) in [5, 5.41) is 9.18. The highest BCUT2D eigenvalue weighted by Gasteiger charge is 2.26. The van der Waals surface area contributed by atoms with Crippen molar-refractivity contribution in [2.24, 2.45) is 0 Å². The van der Waals surface area contributed by atoms with Gasteiger partial charge < -0.3 is 19.3 Å². The van der Waals surface area contributed by atoms with Gasteiger partial charge in [0, 0.05) is 27.3 Å². The molecule has 0 amide bonds. The number of carboxylic acids is 1.